The number of nitrogens with one attached hydrogen (secondary N) is 3. The van der Waals surface area contributed by atoms with Crippen LogP contribution in [-0.2, 0) is 25.7 Å². The third kappa shape index (κ3) is 12.8. The molecule has 0 spiro atoms. The van der Waals surface area contributed by atoms with Crippen LogP contribution < -0.4 is 27.4 Å². The van der Waals surface area contributed by atoms with Crippen LogP contribution in [0, 0.1) is 5.92 Å². The first-order chi connectivity index (χ1) is 20.0. The summed E-state index contributed by atoms with van der Waals surface area (Å²) in [6, 6.07) is 6.40. The Labute approximate surface area is 247 Å². The van der Waals surface area contributed by atoms with Crippen LogP contribution in [0.1, 0.15) is 64.9 Å². The molecule has 0 aromatic heterocycles. The molecule has 1 aliphatic heterocycles. The SMILES string of the molecule is CC(C)C[C@H](NC(=O)[C@H](C)NC(=O)[C@H](CCCN=C(N)N)NC(=O)OCc1ccccc1)[C@@H](O)CC(=O)N1CCCC1. The number of aliphatic hydroxyl groups is 1. The van der Waals surface area contributed by atoms with E-state index in [4.69, 9.17) is 16.2 Å². The second kappa shape index (κ2) is 17.8. The molecule has 0 aliphatic carbocycles. The highest BCUT2D eigenvalue weighted by molar-refractivity contribution is 5.91. The Morgan fingerprint density at radius 3 is 2.29 bits per heavy atom. The van der Waals surface area contributed by atoms with Crippen molar-refractivity contribution in [3.63, 3.8) is 0 Å². The van der Waals surface area contributed by atoms with E-state index in [1.54, 1.807) is 17.0 Å². The van der Waals surface area contributed by atoms with Gasteiger partial charge in [0.05, 0.1) is 18.6 Å². The van der Waals surface area contributed by atoms with Crippen molar-refractivity contribution in [1.29, 1.82) is 0 Å². The van der Waals surface area contributed by atoms with E-state index in [-0.39, 0.29) is 43.8 Å². The largest absolute Gasteiger partial charge is 0.445 e. The molecule has 0 saturated carbocycles. The number of amides is 4. The number of aliphatic imine (C=N–C) groups is 1. The lowest BCUT2D eigenvalue weighted by atomic mass is 9.96. The van der Waals surface area contributed by atoms with Gasteiger partial charge in [0.15, 0.2) is 5.96 Å². The minimum absolute atomic E-state index is 0.0215. The van der Waals surface area contributed by atoms with Crippen LogP contribution in [-0.4, -0.2) is 83.6 Å². The molecular formula is C29H47N7O6. The number of carbonyl (C=O) groups is 4. The van der Waals surface area contributed by atoms with E-state index in [1.165, 1.54) is 6.92 Å². The molecular weight excluding hydrogens is 542 g/mol. The Morgan fingerprint density at radius 1 is 1.00 bits per heavy atom. The van der Waals surface area contributed by atoms with E-state index in [9.17, 15) is 24.3 Å². The van der Waals surface area contributed by atoms with Crippen LogP contribution in [0.15, 0.2) is 35.3 Å². The Hall–Kier alpha value is -3.87. The van der Waals surface area contributed by atoms with Gasteiger partial charge in [0.1, 0.15) is 18.7 Å². The van der Waals surface area contributed by atoms with E-state index in [1.807, 2.05) is 32.0 Å². The molecule has 0 bridgehead atoms. The zero-order valence-corrected chi connectivity index (χ0v) is 24.9. The zero-order chi connectivity index (χ0) is 31.1. The van der Waals surface area contributed by atoms with Gasteiger partial charge >= 0.3 is 6.09 Å². The van der Waals surface area contributed by atoms with E-state index >= 15 is 0 Å². The Morgan fingerprint density at radius 2 is 1.67 bits per heavy atom. The summed E-state index contributed by atoms with van der Waals surface area (Å²) in [5.74, 6) is -1.20. The number of benzene rings is 1. The minimum Gasteiger partial charge on any atom is -0.445 e. The molecule has 1 heterocycles. The van der Waals surface area contributed by atoms with Crippen LogP contribution >= 0.6 is 0 Å². The number of hydrogen-bond donors (Lipinski definition) is 6. The Balaban J connectivity index is 1.98. The molecule has 1 aromatic carbocycles. The molecule has 13 heteroatoms. The Bertz CT molecular complexity index is 1040. The fraction of sp³-hybridized carbons (Fsp3) is 0.621. The fourth-order valence-corrected chi connectivity index (χ4v) is 4.60. The Kier molecular flexibility index (Phi) is 14.6. The third-order valence-corrected chi connectivity index (χ3v) is 6.88. The molecule has 42 heavy (non-hydrogen) atoms. The zero-order valence-electron chi connectivity index (χ0n) is 24.9. The predicted octanol–water partition coefficient (Wildman–Crippen LogP) is 0.744. The summed E-state index contributed by atoms with van der Waals surface area (Å²) in [7, 11) is 0. The van der Waals surface area contributed by atoms with E-state index in [0.717, 1.165) is 18.4 Å². The lowest BCUT2D eigenvalue weighted by Crippen LogP contribution is -2.55. The molecule has 4 atom stereocenters. The number of guanidine groups is 1. The standard InChI is InChI=1S/C29H47N7O6/c1-19(2)16-23(24(37)17-25(38)36-14-7-8-15-36)34-26(39)20(3)33-27(40)22(12-9-13-32-28(30)31)35-29(41)42-18-21-10-5-4-6-11-21/h4-6,10-11,19-20,22-24,37H,7-9,12-18H2,1-3H3,(H,33,40)(H,34,39)(H,35,41)(H4,30,31,32)/t20-,22-,23-,24-/m0/s1. The number of nitrogens with zero attached hydrogens (tertiary/aromatic N) is 2. The lowest BCUT2D eigenvalue weighted by molar-refractivity contribution is -0.134. The summed E-state index contributed by atoms with van der Waals surface area (Å²) in [5.41, 5.74) is 11.5. The first-order valence-corrected chi connectivity index (χ1v) is 14.6. The van der Waals surface area contributed by atoms with Crippen molar-refractivity contribution in [2.24, 2.45) is 22.4 Å². The molecule has 13 nitrogen and oxygen atoms in total. The van der Waals surface area contributed by atoms with Gasteiger partial charge in [-0.15, -0.1) is 0 Å². The van der Waals surface area contributed by atoms with Gasteiger partial charge < -0.3 is 42.2 Å². The number of carbonyl (C=O) groups excluding carboxylic acids is 4. The lowest BCUT2D eigenvalue weighted by Gasteiger charge is -2.28. The first kappa shape index (κ1) is 34.3. The average molecular weight is 590 g/mol. The van der Waals surface area contributed by atoms with Crippen molar-refractivity contribution in [1.82, 2.24) is 20.9 Å². The minimum atomic E-state index is -1.07. The maximum absolute atomic E-state index is 13.1. The summed E-state index contributed by atoms with van der Waals surface area (Å²) in [6.45, 7) is 7.03. The van der Waals surface area contributed by atoms with Crippen LogP contribution in [0.5, 0.6) is 0 Å². The van der Waals surface area contributed by atoms with E-state index in [0.29, 0.717) is 25.9 Å². The summed E-state index contributed by atoms with van der Waals surface area (Å²) in [6.07, 6.45) is 0.945. The highest BCUT2D eigenvalue weighted by atomic mass is 16.5. The topological polar surface area (TPSA) is 201 Å². The van der Waals surface area contributed by atoms with Gasteiger partial charge in [-0.05, 0) is 50.5 Å². The first-order valence-electron chi connectivity index (χ1n) is 14.6. The molecule has 1 aromatic rings. The highest BCUT2D eigenvalue weighted by Gasteiger charge is 2.30. The fourth-order valence-electron chi connectivity index (χ4n) is 4.60. The normalized spacial score (nSPS) is 15.7. The number of aliphatic hydroxyl groups excluding tert-OH is 1. The van der Waals surface area contributed by atoms with E-state index < -0.39 is 42.1 Å². The van der Waals surface area contributed by atoms with Crippen molar-refractivity contribution >= 4 is 29.8 Å². The highest BCUT2D eigenvalue weighted by Crippen LogP contribution is 2.15. The summed E-state index contributed by atoms with van der Waals surface area (Å²) < 4.78 is 5.25. The molecule has 2 rings (SSSR count). The monoisotopic (exact) mass is 589 g/mol. The number of alkyl carbamates (subject to hydrolysis) is 1. The molecule has 1 aliphatic rings. The average Bonchev–Trinajstić information content (AvgIpc) is 3.48. The predicted molar refractivity (Wildman–Crippen MR) is 159 cm³/mol. The number of hydrogen-bond acceptors (Lipinski definition) is 7. The van der Waals surface area contributed by atoms with Crippen LogP contribution in [0.4, 0.5) is 4.79 Å². The third-order valence-electron chi connectivity index (χ3n) is 6.88. The van der Waals surface area contributed by atoms with Crippen molar-refractivity contribution in [2.45, 2.75) is 90.1 Å². The smallest absolute Gasteiger partial charge is 0.408 e. The number of ether oxygens (including phenoxy) is 1. The number of nitrogens with two attached hydrogens (primary N) is 2. The maximum atomic E-state index is 13.1. The van der Waals surface area contributed by atoms with E-state index in [2.05, 4.69) is 20.9 Å². The molecule has 8 N–H and O–H groups in total. The van der Waals surface area contributed by atoms with Gasteiger partial charge in [0, 0.05) is 19.6 Å². The van der Waals surface area contributed by atoms with Crippen molar-refractivity contribution in [3.8, 4) is 0 Å². The second-order valence-corrected chi connectivity index (χ2v) is 11.0. The number of likely N-dealkylation sites (tertiary alicyclic amines) is 1. The van der Waals surface area contributed by atoms with Gasteiger partial charge in [0.25, 0.3) is 0 Å². The van der Waals surface area contributed by atoms with Crippen LogP contribution in [0.3, 0.4) is 0 Å². The van der Waals surface area contributed by atoms with Crippen molar-refractivity contribution in [2.75, 3.05) is 19.6 Å². The van der Waals surface area contributed by atoms with Crippen LogP contribution in [0.25, 0.3) is 0 Å². The summed E-state index contributed by atoms with van der Waals surface area (Å²) in [5, 5.41) is 18.8. The van der Waals surface area contributed by atoms with Gasteiger partial charge in [0.2, 0.25) is 17.7 Å². The summed E-state index contributed by atoms with van der Waals surface area (Å²) in [4.78, 5) is 56.9. The molecule has 0 radical (unpaired) electrons. The molecule has 0 unspecified atom stereocenters. The summed E-state index contributed by atoms with van der Waals surface area (Å²) >= 11 is 0. The van der Waals surface area contributed by atoms with Gasteiger partial charge in [-0.25, -0.2) is 4.79 Å². The quantitative estimate of drug-likeness (QED) is 0.0920. The molecule has 234 valence electrons. The van der Waals surface area contributed by atoms with Gasteiger partial charge in [-0.3, -0.25) is 19.4 Å². The van der Waals surface area contributed by atoms with Crippen molar-refractivity contribution in [3.05, 3.63) is 35.9 Å². The van der Waals surface area contributed by atoms with Gasteiger partial charge in [-0.1, -0.05) is 44.2 Å². The molecule has 1 fully saturated rings. The maximum Gasteiger partial charge on any atom is 0.408 e. The van der Waals surface area contributed by atoms with Crippen LogP contribution in [0.2, 0.25) is 0 Å². The van der Waals surface area contributed by atoms with Gasteiger partial charge in [-0.2, -0.15) is 0 Å². The molecule has 1 saturated heterocycles. The second-order valence-electron chi connectivity index (χ2n) is 11.0. The molecule has 4 amide bonds. The number of rotatable bonds is 16. The van der Waals surface area contributed by atoms with Crippen molar-refractivity contribution < 1.29 is 29.0 Å².